The van der Waals surface area contributed by atoms with Gasteiger partial charge in [-0.1, -0.05) is 54.6 Å². The Morgan fingerprint density at radius 1 is 0.826 bits per heavy atom. The molecular formula is C19H20N4. The fourth-order valence-electron chi connectivity index (χ4n) is 3.24. The number of anilines is 1. The molecule has 0 unspecified atom stereocenters. The van der Waals surface area contributed by atoms with E-state index in [1.165, 1.54) is 0 Å². The highest BCUT2D eigenvalue weighted by molar-refractivity contribution is 6.00. The van der Waals surface area contributed by atoms with Crippen molar-refractivity contribution in [1.82, 2.24) is 10.2 Å². The van der Waals surface area contributed by atoms with Crippen molar-refractivity contribution in [2.75, 3.05) is 18.0 Å². The first kappa shape index (κ1) is 14.2. The van der Waals surface area contributed by atoms with E-state index in [-0.39, 0.29) is 0 Å². The molecule has 4 heteroatoms. The van der Waals surface area contributed by atoms with Crippen LogP contribution in [0.5, 0.6) is 0 Å². The van der Waals surface area contributed by atoms with Gasteiger partial charge < -0.3 is 10.6 Å². The van der Waals surface area contributed by atoms with E-state index in [0.29, 0.717) is 6.04 Å². The van der Waals surface area contributed by atoms with E-state index in [4.69, 9.17) is 5.73 Å². The normalized spacial score (nSPS) is 16.0. The SMILES string of the molecule is NC1CCN(c2nnc(-c3ccccc3)c3ccccc23)CC1. The van der Waals surface area contributed by atoms with Crippen molar-refractivity contribution in [3.8, 4) is 11.3 Å². The third-order valence-corrected chi connectivity index (χ3v) is 4.55. The number of aromatic nitrogens is 2. The predicted molar refractivity (Wildman–Crippen MR) is 94.4 cm³/mol. The molecule has 3 aromatic rings. The van der Waals surface area contributed by atoms with Gasteiger partial charge in [0.2, 0.25) is 0 Å². The molecule has 2 aromatic carbocycles. The number of hydrogen-bond acceptors (Lipinski definition) is 4. The number of fused-ring (bicyclic) bond motifs is 1. The minimum atomic E-state index is 0.314. The third-order valence-electron chi connectivity index (χ3n) is 4.55. The molecule has 1 aliphatic heterocycles. The van der Waals surface area contributed by atoms with Gasteiger partial charge in [-0.3, -0.25) is 0 Å². The lowest BCUT2D eigenvalue weighted by atomic mass is 10.0. The van der Waals surface area contributed by atoms with E-state index in [1.54, 1.807) is 0 Å². The number of nitrogens with zero attached hydrogens (tertiary/aromatic N) is 3. The van der Waals surface area contributed by atoms with E-state index in [0.717, 1.165) is 53.8 Å². The standard InChI is InChI=1S/C19H20N4/c20-15-10-12-23(13-11-15)19-17-9-5-4-8-16(17)18(21-22-19)14-6-2-1-3-7-14/h1-9,15H,10-13,20H2. The van der Waals surface area contributed by atoms with Gasteiger partial charge >= 0.3 is 0 Å². The number of hydrogen-bond donors (Lipinski definition) is 1. The number of benzene rings is 2. The molecule has 23 heavy (non-hydrogen) atoms. The Bertz CT molecular complexity index is 808. The van der Waals surface area contributed by atoms with Crippen LogP contribution in [0.15, 0.2) is 54.6 Å². The van der Waals surface area contributed by atoms with Crippen LogP contribution in [0.1, 0.15) is 12.8 Å². The zero-order valence-corrected chi connectivity index (χ0v) is 13.0. The van der Waals surface area contributed by atoms with Crippen LogP contribution in [0, 0.1) is 0 Å². The van der Waals surface area contributed by atoms with Crippen LogP contribution >= 0.6 is 0 Å². The van der Waals surface area contributed by atoms with Gasteiger partial charge in [0.25, 0.3) is 0 Å². The number of nitrogens with two attached hydrogens (primary N) is 1. The fourth-order valence-corrected chi connectivity index (χ4v) is 3.24. The maximum Gasteiger partial charge on any atom is 0.159 e. The minimum Gasteiger partial charge on any atom is -0.354 e. The van der Waals surface area contributed by atoms with E-state index >= 15 is 0 Å². The lowest BCUT2D eigenvalue weighted by Crippen LogP contribution is -2.40. The summed E-state index contributed by atoms with van der Waals surface area (Å²) >= 11 is 0. The Morgan fingerprint density at radius 2 is 1.48 bits per heavy atom. The van der Waals surface area contributed by atoms with Crippen LogP contribution in [0.25, 0.3) is 22.0 Å². The highest BCUT2D eigenvalue weighted by Crippen LogP contribution is 2.32. The second kappa shape index (κ2) is 5.97. The minimum absolute atomic E-state index is 0.314. The second-order valence-corrected chi connectivity index (χ2v) is 6.11. The zero-order chi connectivity index (χ0) is 15.6. The summed E-state index contributed by atoms with van der Waals surface area (Å²) in [4.78, 5) is 2.31. The number of piperidine rings is 1. The molecule has 2 N–H and O–H groups in total. The van der Waals surface area contributed by atoms with Gasteiger partial charge in [-0.25, -0.2) is 0 Å². The first-order chi connectivity index (χ1) is 11.3. The summed E-state index contributed by atoms with van der Waals surface area (Å²) in [5.74, 6) is 0.979. The molecule has 0 amide bonds. The van der Waals surface area contributed by atoms with Gasteiger partial charge in [-0.2, -0.15) is 0 Å². The van der Waals surface area contributed by atoms with Gasteiger partial charge in [-0.05, 0) is 12.8 Å². The molecule has 0 bridgehead atoms. The molecule has 1 aliphatic rings. The van der Waals surface area contributed by atoms with Crippen molar-refractivity contribution >= 4 is 16.6 Å². The van der Waals surface area contributed by atoms with Gasteiger partial charge in [0.05, 0.1) is 0 Å². The Balaban J connectivity index is 1.83. The lowest BCUT2D eigenvalue weighted by molar-refractivity contribution is 0.498. The van der Waals surface area contributed by atoms with Crippen LogP contribution in [0.2, 0.25) is 0 Å². The molecule has 0 aliphatic carbocycles. The predicted octanol–water partition coefficient (Wildman–Crippen LogP) is 3.22. The molecule has 116 valence electrons. The van der Waals surface area contributed by atoms with E-state index in [9.17, 15) is 0 Å². The van der Waals surface area contributed by atoms with Crippen molar-refractivity contribution < 1.29 is 0 Å². The molecule has 2 heterocycles. The first-order valence-electron chi connectivity index (χ1n) is 8.14. The molecule has 0 saturated carbocycles. The summed E-state index contributed by atoms with van der Waals surface area (Å²) in [6.07, 6.45) is 2.02. The molecule has 4 rings (SSSR count). The Hall–Kier alpha value is -2.46. The first-order valence-corrected chi connectivity index (χ1v) is 8.14. The van der Waals surface area contributed by atoms with E-state index in [2.05, 4.69) is 51.5 Å². The summed E-state index contributed by atoms with van der Waals surface area (Å²) in [5.41, 5.74) is 8.07. The summed E-state index contributed by atoms with van der Waals surface area (Å²) < 4.78 is 0. The Kier molecular flexibility index (Phi) is 3.67. The fraction of sp³-hybridized carbons (Fsp3) is 0.263. The monoisotopic (exact) mass is 304 g/mol. The van der Waals surface area contributed by atoms with Crippen molar-refractivity contribution in [3.63, 3.8) is 0 Å². The second-order valence-electron chi connectivity index (χ2n) is 6.11. The highest BCUT2D eigenvalue weighted by atomic mass is 15.3. The maximum atomic E-state index is 6.03. The van der Waals surface area contributed by atoms with Gasteiger partial charge in [0.15, 0.2) is 5.82 Å². The zero-order valence-electron chi connectivity index (χ0n) is 13.0. The molecule has 0 atom stereocenters. The maximum absolute atomic E-state index is 6.03. The largest absolute Gasteiger partial charge is 0.354 e. The molecule has 4 nitrogen and oxygen atoms in total. The third kappa shape index (κ3) is 2.66. The Morgan fingerprint density at radius 3 is 2.22 bits per heavy atom. The van der Waals surface area contributed by atoms with Crippen LogP contribution < -0.4 is 10.6 Å². The smallest absolute Gasteiger partial charge is 0.159 e. The average molecular weight is 304 g/mol. The van der Waals surface area contributed by atoms with Crippen molar-refractivity contribution in [1.29, 1.82) is 0 Å². The van der Waals surface area contributed by atoms with Crippen LogP contribution in [-0.2, 0) is 0 Å². The quantitative estimate of drug-likeness (QED) is 0.790. The Labute approximate surface area is 135 Å². The summed E-state index contributed by atoms with van der Waals surface area (Å²) in [5, 5.41) is 11.4. The highest BCUT2D eigenvalue weighted by Gasteiger charge is 2.20. The van der Waals surface area contributed by atoms with Crippen molar-refractivity contribution in [2.24, 2.45) is 5.73 Å². The molecule has 0 spiro atoms. The van der Waals surface area contributed by atoms with Crippen molar-refractivity contribution in [2.45, 2.75) is 18.9 Å². The molecule has 0 radical (unpaired) electrons. The topological polar surface area (TPSA) is 55.0 Å². The lowest BCUT2D eigenvalue weighted by Gasteiger charge is -2.31. The van der Waals surface area contributed by atoms with Crippen LogP contribution in [-0.4, -0.2) is 29.3 Å². The van der Waals surface area contributed by atoms with Crippen LogP contribution in [0.3, 0.4) is 0 Å². The van der Waals surface area contributed by atoms with Crippen LogP contribution in [0.4, 0.5) is 5.82 Å². The van der Waals surface area contributed by atoms with E-state index in [1.807, 2.05) is 18.2 Å². The summed E-state index contributed by atoms with van der Waals surface area (Å²) in [6.45, 7) is 1.90. The van der Waals surface area contributed by atoms with E-state index < -0.39 is 0 Å². The summed E-state index contributed by atoms with van der Waals surface area (Å²) in [6, 6.07) is 19.0. The summed E-state index contributed by atoms with van der Waals surface area (Å²) in [7, 11) is 0. The molecule has 1 fully saturated rings. The number of rotatable bonds is 2. The van der Waals surface area contributed by atoms with Gasteiger partial charge in [0.1, 0.15) is 5.69 Å². The van der Waals surface area contributed by atoms with Crippen molar-refractivity contribution in [3.05, 3.63) is 54.6 Å². The average Bonchev–Trinajstić information content (AvgIpc) is 2.62. The van der Waals surface area contributed by atoms with Gasteiger partial charge in [-0.15, -0.1) is 10.2 Å². The molecular weight excluding hydrogens is 284 g/mol. The molecule has 1 saturated heterocycles. The van der Waals surface area contributed by atoms with Gasteiger partial charge in [0, 0.05) is 35.5 Å². The molecule has 1 aromatic heterocycles.